The Labute approximate surface area is 124 Å². The molecule has 1 aromatic rings. The molecule has 1 aromatic carbocycles. The fraction of sp³-hybridized carbons (Fsp3) is 0.562. The summed E-state index contributed by atoms with van der Waals surface area (Å²) >= 11 is 0. The fourth-order valence-corrected chi connectivity index (χ4v) is 2.86. The SMILES string of the molecule is CN(Cc1ccc(F)cc1F)C(=O)CC1CCCCC1N. The summed E-state index contributed by atoms with van der Waals surface area (Å²) in [6, 6.07) is 3.50. The Balaban J connectivity index is 1.92. The van der Waals surface area contributed by atoms with Crippen molar-refractivity contribution in [1.82, 2.24) is 4.90 Å². The van der Waals surface area contributed by atoms with E-state index in [2.05, 4.69) is 0 Å². The molecule has 116 valence electrons. The van der Waals surface area contributed by atoms with Gasteiger partial charge in [0.2, 0.25) is 5.91 Å². The number of nitrogens with two attached hydrogens (primary N) is 1. The van der Waals surface area contributed by atoms with Gasteiger partial charge in [-0.1, -0.05) is 18.9 Å². The van der Waals surface area contributed by atoms with Crippen molar-refractivity contribution in [3.05, 3.63) is 35.4 Å². The van der Waals surface area contributed by atoms with Crippen LogP contribution in [0, 0.1) is 17.6 Å². The van der Waals surface area contributed by atoms with Gasteiger partial charge in [0.1, 0.15) is 11.6 Å². The van der Waals surface area contributed by atoms with Crippen LogP contribution in [0.2, 0.25) is 0 Å². The molecule has 0 heterocycles. The molecule has 0 aromatic heterocycles. The van der Waals surface area contributed by atoms with E-state index in [1.54, 1.807) is 7.05 Å². The van der Waals surface area contributed by atoms with E-state index in [4.69, 9.17) is 5.73 Å². The number of halogens is 2. The predicted octanol–water partition coefficient (Wildman–Crippen LogP) is 2.83. The van der Waals surface area contributed by atoms with E-state index < -0.39 is 11.6 Å². The van der Waals surface area contributed by atoms with Crippen molar-refractivity contribution in [3.8, 4) is 0 Å². The lowest BCUT2D eigenvalue weighted by Gasteiger charge is -2.29. The molecule has 3 nitrogen and oxygen atoms in total. The minimum Gasteiger partial charge on any atom is -0.341 e. The average Bonchev–Trinajstić information content (AvgIpc) is 2.44. The molecular formula is C16H22F2N2O. The van der Waals surface area contributed by atoms with Crippen LogP contribution in [0.3, 0.4) is 0 Å². The van der Waals surface area contributed by atoms with Crippen LogP contribution in [0.1, 0.15) is 37.7 Å². The molecule has 2 atom stereocenters. The third-order valence-electron chi connectivity index (χ3n) is 4.25. The predicted molar refractivity (Wildman–Crippen MR) is 77.4 cm³/mol. The second-order valence-electron chi connectivity index (χ2n) is 5.90. The lowest BCUT2D eigenvalue weighted by atomic mass is 9.83. The maximum absolute atomic E-state index is 13.6. The molecule has 2 unspecified atom stereocenters. The number of hydrogen-bond donors (Lipinski definition) is 1. The zero-order valence-electron chi connectivity index (χ0n) is 12.3. The van der Waals surface area contributed by atoms with Crippen LogP contribution in [0.4, 0.5) is 8.78 Å². The second-order valence-corrected chi connectivity index (χ2v) is 5.90. The summed E-state index contributed by atoms with van der Waals surface area (Å²) in [6.45, 7) is 0.146. The van der Waals surface area contributed by atoms with E-state index in [1.807, 2.05) is 0 Å². The Morgan fingerprint density at radius 3 is 2.71 bits per heavy atom. The van der Waals surface area contributed by atoms with Gasteiger partial charge in [-0.2, -0.15) is 0 Å². The molecule has 1 saturated carbocycles. The summed E-state index contributed by atoms with van der Waals surface area (Å²) in [6.07, 6.45) is 4.59. The van der Waals surface area contributed by atoms with Crippen LogP contribution in [-0.2, 0) is 11.3 Å². The monoisotopic (exact) mass is 296 g/mol. The summed E-state index contributed by atoms with van der Waals surface area (Å²) in [5.74, 6) is -1.06. The minimum atomic E-state index is -0.621. The zero-order valence-corrected chi connectivity index (χ0v) is 12.3. The minimum absolute atomic E-state index is 0.0407. The van der Waals surface area contributed by atoms with Gasteiger partial charge in [0.25, 0.3) is 0 Å². The summed E-state index contributed by atoms with van der Waals surface area (Å²) in [5.41, 5.74) is 6.37. The molecule has 0 spiro atoms. The van der Waals surface area contributed by atoms with E-state index in [-0.39, 0.29) is 24.4 Å². The van der Waals surface area contributed by atoms with Gasteiger partial charge in [-0.15, -0.1) is 0 Å². The van der Waals surface area contributed by atoms with Gasteiger partial charge >= 0.3 is 0 Å². The quantitative estimate of drug-likeness (QED) is 0.928. The van der Waals surface area contributed by atoms with Gasteiger partial charge in [0.15, 0.2) is 0 Å². The molecule has 0 radical (unpaired) electrons. The van der Waals surface area contributed by atoms with Crippen molar-refractivity contribution in [2.75, 3.05) is 7.05 Å². The van der Waals surface area contributed by atoms with Crippen LogP contribution in [0.5, 0.6) is 0 Å². The molecular weight excluding hydrogens is 274 g/mol. The fourth-order valence-electron chi connectivity index (χ4n) is 2.86. The molecule has 2 N–H and O–H groups in total. The number of rotatable bonds is 4. The number of hydrogen-bond acceptors (Lipinski definition) is 2. The molecule has 1 aliphatic rings. The number of nitrogens with zero attached hydrogens (tertiary/aromatic N) is 1. The van der Waals surface area contributed by atoms with Crippen LogP contribution in [0.25, 0.3) is 0 Å². The molecule has 0 bridgehead atoms. The standard InChI is InChI=1S/C16H22F2N2O/c1-20(10-12-6-7-13(17)9-14(12)18)16(21)8-11-4-2-3-5-15(11)19/h6-7,9,11,15H,2-5,8,10,19H2,1H3. The summed E-state index contributed by atoms with van der Waals surface area (Å²) in [5, 5.41) is 0. The van der Waals surface area contributed by atoms with Gasteiger partial charge in [-0.25, -0.2) is 8.78 Å². The molecule has 2 rings (SSSR count). The number of amides is 1. The molecule has 1 aliphatic carbocycles. The van der Waals surface area contributed by atoms with Crippen molar-refractivity contribution in [2.45, 2.75) is 44.7 Å². The first-order chi connectivity index (χ1) is 9.97. The number of benzene rings is 1. The van der Waals surface area contributed by atoms with Gasteiger partial charge in [0.05, 0.1) is 0 Å². The molecule has 0 saturated heterocycles. The van der Waals surface area contributed by atoms with Crippen molar-refractivity contribution >= 4 is 5.91 Å². The van der Waals surface area contributed by atoms with Gasteiger partial charge in [-0.05, 0) is 24.8 Å². The molecule has 0 aliphatic heterocycles. The lowest BCUT2D eigenvalue weighted by molar-refractivity contribution is -0.131. The van der Waals surface area contributed by atoms with E-state index in [1.165, 1.54) is 17.0 Å². The lowest BCUT2D eigenvalue weighted by Crippen LogP contribution is -2.37. The Kier molecular flexibility index (Phi) is 5.28. The Bertz CT molecular complexity index is 507. The number of carbonyl (C=O) groups is 1. The molecule has 21 heavy (non-hydrogen) atoms. The summed E-state index contributed by atoms with van der Waals surface area (Å²) < 4.78 is 26.5. The Morgan fingerprint density at radius 1 is 1.33 bits per heavy atom. The Hall–Kier alpha value is -1.49. The van der Waals surface area contributed by atoms with E-state index in [0.29, 0.717) is 12.0 Å². The van der Waals surface area contributed by atoms with Crippen molar-refractivity contribution in [1.29, 1.82) is 0 Å². The topological polar surface area (TPSA) is 46.3 Å². The third kappa shape index (κ3) is 4.24. The highest BCUT2D eigenvalue weighted by Crippen LogP contribution is 2.26. The molecule has 1 amide bonds. The first kappa shape index (κ1) is 15.9. The van der Waals surface area contributed by atoms with Gasteiger partial charge in [0, 0.05) is 37.7 Å². The van der Waals surface area contributed by atoms with Crippen LogP contribution >= 0.6 is 0 Å². The van der Waals surface area contributed by atoms with E-state index in [9.17, 15) is 13.6 Å². The van der Waals surface area contributed by atoms with Crippen molar-refractivity contribution < 1.29 is 13.6 Å². The van der Waals surface area contributed by atoms with Crippen LogP contribution < -0.4 is 5.73 Å². The number of carbonyl (C=O) groups excluding carboxylic acids is 1. The molecule has 1 fully saturated rings. The molecule has 5 heteroatoms. The maximum Gasteiger partial charge on any atom is 0.222 e. The van der Waals surface area contributed by atoms with Gasteiger partial charge in [-0.3, -0.25) is 4.79 Å². The highest BCUT2D eigenvalue weighted by Gasteiger charge is 2.25. The highest BCUT2D eigenvalue weighted by atomic mass is 19.1. The maximum atomic E-state index is 13.6. The summed E-state index contributed by atoms with van der Waals surface area (Å²) in [7, 11) is 1.64. The first-order valence-corrected chi connectivity index (χ1v) is 7.41. The van der Waals surface area contributed by atoms with Crippen molar-refractivity contribution in [3.63, 3.8) is 0 Å². The smallest absolute Gasteiger partial charge is 0.222 e. The third-order valence-corrected chi connectivity index (χ3v) is 4.25. The first-order valence-electron chi connectivity index (χ1n) is 7.41. The van der Waals surface area contributed by atoms with Crippen LogP contribution in [-0.4, -0.2) is 23.9 Å². The largest absolute Gasteiger partial charge is 0.341 e. The zero-order chi connectivity index (χ0) is 15.4. The Morgan fingerprint density at radius 2 is 2.05 bits per heavy atom. The normalized spacial score (nSPS) is 22.1. The highest BCUT2D eigenvalue weighted by molar-refractivity contribution is 5.76. The van der Waals surface area contributed by atoms with E-state index >= 15 is 0 Å². The average molecular weight is 296 g/mol. The second kappa shape index (κ2) is 6.98. The van der Waals surface area contributed by atoms with Crippen molar-refractivity contribution in [2.24, 2.45) is 11.7 Å². The summed E-state index contributed by atoms with van der Waals surface area (Å²) in [4.78, 5) is 13.7. The van der Waals surface area contributed by atoms with Gasteiger partial charge < -0.3 is 10.6 Å². The van der Waals surface area contributed by atoms with Crippen LogP contribution in [0.15, 0.2) is 18.2 Å². The van der Waals surface area contributed by atoms with E-state index in [0.717, 1.165) is 31.7 Å².